The van der Waals surface area contributed by atoms with Gasteiger partial charge in [0.25, 0.3) is 0 Å². The number of methoxy groups -OCH3 is 1. The van der Waals surface area contributed by atoms with E-state index in [0.29, 0.717) is 13.2 Å². The van der Waals surface area contributed by atoms with Crippen LogP contribution in [0.15, 0.2) is 12.1 Å². The van der Waals surface area contributed by atoms with E-state index < -0.39 is 0 Å². The predicted octanol–water partition coefficient (Wildman–Crippen LogP) is 3.06. The van der Waals surface area contributed by atoms with E-state index >= 15 is 0 Å². The van der Waals surface area contributed by atoms with E-state index in [2.05, 4.69) is 22.4 Å². The molecule has 1 N–H and O–H groups in total. The van der Waals surface area contributed by atoms with E-state index in [9.17, 15) is 0 Å². The van der Waals surface area contributed by atoms with Gasteiger partial charge in [0.1, 0.15) is 5.75 Å². The van der Waals surface area contributed by atoms with Crippen molar-refractivity contribution in [2.45, 2.75) is 13.8 Å². The van der Waals surface area contributed by atoms with Crippen LogP contribution in [0.25, 0.3) is 10.2 Å². The summed E-state index contributed by atoms with van der Waals surface area (Å²) in [4.78, 5) is 4.54. The third-order valence-electron chi connectivity index (χ3n) is 2.57. The lowest BCUT2D eigenvalue weighted by Gasteiger charge is -2.05. The number of rotatable bonds is 6. The SMILES string of the molecule is CCOc1cc2sc(NCCOC)nc2cc1C. The summed E-state index contributed by atoms with van der Waals surface area (Å²) in [5.41, 5.74) is 2.14. The van der Waals surface area contributed by atoms with Gasteiger partial charge in [0, 0.05) is 13.7 Å². The summed E-state index contributed by atoms with van der Waals surface area (Å²) >= 11 is 1.64. The second-order valence-corrected chi connectivity index (χ2v) is 4.99. The molecule has 0 fully saturated rings. The number of hydrogen-bond donors (Lipinski definition) is 1. The average molecular weight is 266 g/mol. The van der Waals surface area contributed by atoms with E-state index in [4.69, 9.17) is 9.47 Å². The van der Waals surface area contributed by atoms with Crippen LogP contribution in [0.3, 0.4) is 0 Å². The molecule has 1 heterocycles. The molecule has 18 heavy (non-hydrogen) atoms. The summed E-state index contributed by atoms with van der Waals surface area (Å²) in [6.07, 6.45) is 0. The van der Waals surface area contributed by atoms with Crippen LogP contribution in [-0.2, 0) is 4.74 Å². The molecule has 0 atom stereocenters. The van der Waals surface area contributed by atoms with Crippen LogP contribution in [-0.4, -0.2) is 31.9 Å². The van der Waals surface area contributed by atoms with Crippen LogP contribution >= 0.6 is 11.3 Å². The molecule has 0 aliphatic heterocycles. The Labute approximate surface area is 111 Å². The molecule has 0 saturated heterocycles. The normalized spacial score (nSPS) is 10.8. The number of thiazole rings is 1. The number of hydrogen-bond acceptors (Lipinski definition) is 5. The van der Waals surface area contributed by atoms with Crippen molar-refractivity contribution in [3.05, 3.63) is 17.7 Å². The summed E-state index contributed by atoms with van der Waals surface area (Å²) in [6.45, 7) is 6.17. The molecule has 0 aliphatic carbocycles. The fourth-order valence-corrected chi connectivity index (χ4v) is 2.61. The van der Waals surface area contributed by atoms with Crippen LogP contribution in [0.5, 0.6) is 5.75 Å². The number of aromatic nitrogens is 1. The smallest absolute Gasteiger partial charge is 0.183 e. The molecule has 2 rings (SSSR count). The summed E-state index contributed by atoms with van der Waals surface area (Å²) in [7, 11) is 1.69. The minimum Gasteiger partial charge on any atom is -0.494 e. The number of aryl methyl sites for hydroxylation is 1. The van der Waals surface area contributed by atoms with Gasteiger partial charge in [0.15, 0.2) is 5.13 Å². The minimum atomic E-state index is 0.680. The number of nitrogens with one attached hydrogen (secondary N) is 1. The summed E-state index contributed by atoms with van der Waals surface area (Å²) in [6, 6.07) is 4.13. The Morgan fingerprint density at radius 1 is 1.39 bits per heavy atom. The Morgan fingerprint density at radius 3 is 2.94 bits per heavy atom. The number of fused-ring (bicyclic) bond motifs is 1. The quantitative estimate of drug-likeness (QED) is 0.816. The summed E-state index contributed by atoms with van der Waals surface area (Å²) in [5, 5.41) is 4.17. The monoisotopic (exact) mass is 266 g/mol. The molecule has 0 aliphatic rings. The van der Waals surface area contributed by atoms with Crippen molar-refractivity contribution >= 4 is 26.7 Å². The van der Waals surface area contributed by atoms with Gasteiger partial charge >= 0.3 is 0 Å². The number of ether oxygens (including phenoxy) is 2. The number of nitrogens with zero attached hydrogens (tertiary/aromatic N) is 1. The Bertz CT molecular complexity index is 525. The van der Waals surface area contributed by atoms with Crippen LogP contribution in [0.2, 0.25) is 0 Å². The first-order chi connectivity index (χ1) is 8.74. The van der Waals surface area contributed by atoms with Crippen molar-refractivity contribution in [2.24, 2.45) is 0 Å². The van der Waals surface area contributed by atoms with Crippen molar-refractivity contribution in [3.63, 3.8) is 0 Å². The maximum Gasteiger partial charge on any atom is 0.183 e. The highest BCUT2D eigenvalue weighted by molar-refractivity contribution is 7.22. The van der Waals surface area contributed by atoms with Gasteiger partial charge < -0.3 is 14.8 Å². The topological polar surface area (TPSA) is 43.4 Å². The van der Waals surface area contributed by atoms with E-state index in [-0.39, 0.29) is 0 Å². The minimum absolute atomic E-state index is 0.680. The number of anilines is 1. The Balaban J connectivity index is 2.22. The predicted molar refractivity (Wildman–Crippen MR) is 75.9 cm³/mol. The molecule has 0 spiro atoms. The second kappa shape index (κ2) is 6.02. The summed E-state index contributed by atoms with van der Waals surface area (Å²) < 4.78 is 11.7. The second-order valence-electron chi connectivity index (χ2n) is 3.96. The molecular formula is C13H18N2O2S. The van der Waals surface area contributed by atoms with E-state index in [1.165, 1.54) is 0 Å². The molecule has 0 amide bonds. The standard InChI is InChI=1S/C13H18N2O2S/c1-4-17-11-8-12-10(7-9(11)2)15-13(18-12)14-5-6-16-3/h7-8H,4-6H2,1-3H3,(H,14,15). The zero-order chi connectivity index (χ0) is 13.0. The first-order valence-electron chi connectivity index (χ1n) is 6.01. The van der Waals surface area contributed by atoms with Crippen LogP contribution < -0.4 is 10.1 Å². The first kappa shape index (κ1) is 13.1. The molecule has 0 saturated carbocycles. The lowest BCUT2D eigenvalue weighted by Crippen LogP contribution is -2.06. The van der Waals surface area contributed by atoms with Gasteiger partial charge in [-0.15, -0.1) is 0 Å². The molecule has 0 radical (unpaired) electrons. The largest absolute Gasteiger partial charge is 0.494 e. The Hall–Kier alpha value is -1.33. The van der Waals surface area contributed by atoms with Gasteiger partial charge in [-0.1, -0.05) is 11.3 Å². The zero-order valence-corrected chi connectivity index (χ0v) is 11.8. The maximum atomic E-state index is 5.59. The lowest BCUT2D eigenvalue weighted by atomic mass is 10.2. The van der Waals surface area contributed by atoms with Crippen LogP contribution in [0.4, 0.5) is 5.13 Å². The average Bonchev–Trinajstić information content (AvgIpc) is 2.72. The zero-order valence-electron chi connectivity index (χ0n) is 10.9. The first-order valence-corrected chi connectivity index (χ1v) is 6.83. The van der Waals surface area contributed by atoms with Gasteiger partial charge in [0.05, 0.1) is 23.4 Å². The molecule has 2 aromatic rings. The molecule has 1 aromatic carbocycles. The molecule has 0 bridgehead atoms. The van der Waals surface area contributed by atoms with Crippen LogP contribution in [0.1, 0.15) is 12.5 Å². The Kier molecular flexibility index (Phi) is 4.38. The van der Waals surface area contributed by atoms with Crippen molar-refractivity contribution in [1.29, 1.82) is 0 Å². The van der Waals surface area contributed by atoms with Crippen molar-refractivity contribution in [3.8, 4) is 5.75 Å². The highest BCUT2D eigenvalue weighted by atomic mass is 32.1. The molecule has 98 valence electrons. The summed E-state index contributed by atoms with van der Waals surface area (Å²) in [5.74, 6) is 0.942. The van der Waals surface area contributed by atoms with E-state index in [0.717, 1.165) is 33.2 Å². The molecule has 5 heteroatoms. The fourth-order valence-electron chi connectivity index (χ4n) is 1.71. The fraction of sp³-hybridized carbons (Fsp3) is 0.462. The lowest BCUT2D eigenvalue weighted by molar-refractivity contribution is 0.211. The van der Waals surface area contributed by atoms with Gasteiger partial charge in [-0.3, -0.25) is 0 Å². The van der Waals surface area contributed by atoms with Gasteiger partial charge in [-0.2, -0.15) is 0 Å². The maximum absolute atomic E-state index is 5.59. The third kappa shape index (κ3) is 2.91. The molecule has 0 unspecified atom stereocenters. The van der Waals surface area contributed by atoms with Crippen molar-refractivity contribution in [1.82, 2.24) is 4.98 Å². The molecular weight excluding hydrogens is 248 g/mol. The van der Waals surface area contributed by atoms with Gasteiger partial charge in [-0.05, 0) is 31.5 Å². The molecule has 4 nitrogen and oxygen atoms in total. The van der Waals surface area contributed by atoms with Gasteiger partial charge in [0.2, 0.25) is 0 Å². The highest BCUT2D eigenvalue weighted by Gasteiger charge is 2.07. The molecule has 1 aromatic heterocycles. The van der Waals surface area contributed by atoms with Crippen LogP contribution in [0, 0.1) is 6.92 Å². The Morgan fingerprint density at radius 2 is 2.22 bits per heavy atom. The number of benzene rings is 1. The highest BCUT2D eigenvalue weighted by Crippen LogP contribution is 2.31. The van der Waals surface area contributed by atoms with E-state index in [1.54, 1.807) is 18.4 Å². The third-order valence-corrected chi connectivity index (χ3v) is 3.54. The van der Waals surface area contributed by atoms with Crippen molar-refractivity contribution in [2.75, 3.05) is 32.2 Å². The van der Waals surface area contributed by atoms with Crippen molar-refractivity contribution < 1.29 is 9.47 Å². The van der Waals surface area contributed by atoms with Gasteiger partial charge in [-0.25, -0.2) is 4.98 Å². The van der Waals surface area contributed by atoms with E-state index in [1.807, 2.05) is 13.8 Å².